The van der Waals surface area contributed by atoms with E-state index in [4.69, 9.17) is 4.84 Å². The number of hydrogen-bond donors (Lipinski definition) is 1. The lowest BCUT2D eigenvalue weighted by molar-refractivity contribution is -0.796. The molecule has 0 aliphatic rings. The van der Waals surface area contributed by atoms with Crippen LogP contribution in [0.15, 0.2) is 24.3 Å². The zero-order chi connectivity index (χ0) is 16.0. The molecule has 0 spiro atoms. The number of hydrogen-bond acceptors (Lipinski definition) is 4. The Labute approximate surface area is 124 Å². The average molecular weight is 296 g/mol. The summed E-state index contributed by atoms with van der Waals surface area (Å²) in [5.41, 5.74) is 3.27. The van der Waals surface area contributed by atoms with Crippen molar-refractivity contribution in [1.82, 2.24) is 10.6 Å². The maximum atomic E-state index is 11.7. The fourth-order valence-corrected chi connectivity index (χ4v) is 1.36. The van der Waals surface area contributed by atoms with Gasteiger partial charge in [-0.25, -0.2) is 9.63 Å². The first-order valence-corrected chi connectivity index (χ1v) is 6.51. The minimum Gasteiger partial charge on any atom is -0.465 e. The van der Waals surface area contributed by atoms with Crippen molar-refractivity contribution in [3.8, 4) is 0 Å². The maximum Gasteiger partial charge on any atom is 0.337 e. The second-order valence-corrected chi connectivity index (χ2v) is 5.54. The third kappa shape index (κ3) is 5.03. The van der Waals surface area contributed by atoms with E-state index in [2.05, 4.69) is 10.3 Å². The Bertz CT molecular complexity index is 494. The van der Waals surface area contributed by atoms with E-state index >= 15 is 0 Å². The highest BCUT2D eigenvalue weighted by atomic mass is 16.7. The number of rotatable bonds is 6. The fourth-order valence-electron chi connectivity index (χ4n) is 1.36. The lowest BCUT2D eigenvalue weighted by Gasteiger charge is -2.22. The van der Waals surface area contributed by atoms with Crippen LogP contribution in [-0.2, 0) is 16.2 Å². The Morgan fingerprint density at radius 3 is 2.33 bits per heavy atom. The molecule has 0 unspecified atom stereocenters. The van der Waals surface area contributed by atoms with Gasteiger partial charge in [-0.3, -0.25) is 0 Å². The van der Waals surface area contributed by atoms with Crippen molar-refractivity contribution < 1.29 is 19.3 Å². The molecule has 21 heavy (non-hydrogen) atoms. The zero-order valence-corrected chi connectivity index (χ0v) is 13.0. The Morgan fingerprint density at radius 1 is 1.29 bits per heavy atom. The van der Waals surface area contributed by atoms with E-state index in [-0.39, 0.29) is 12.1 Å². The van der Waals surface area contributed by atoms with E-state index < -0.39 is 5.97 Å². The summed E-state index contributed by atoms with van der Waals surface area (Å²) in [5.74, 6) is -0.391. The molecule has 1 aromatic carbocycles. The number of ether oxygens (including phenoxy) is 1. The van der Waals surface area contributed by atoms with Gasteiger partial charge in [0.1, 0.15) is 6.61 Å². The van der Waals surface area contributed by atoms with Crippen LogP contribution in [0.25, 0.3) is 0 Å². The van der Waals surface area contributed by atoms with Gasteiger partial charge in [0.2, 0.25) is 0 Å². The highest BCUT2D eigenvalue weighted by Crippen LogP contribution is 2.09. The molecular weight excluding hydrogens is 274 g/mol. The van der Waals surface area contributed by atoms with Gasteiger partial charge in [0.15, 0.2) is 0 Å². The van der Waals surface area contributed by atoms with Gasteiger partial charge < -0.3 is 4.74 Å². The van der Waals surface area contributed by atoms with Gasteiger partial charge in [-0.2, -0.15) is 0 Å². The van der Waals surface area contributed by atoms with Crippen LogP contribution in [-0.4, -0.2) is 35.7 Å². The summed E-state index contributed by atoms with van der Waals surface area (Å²) >= 11 is 0. The van der Waals surface area contributed by atoms with Crippen molar-refractivity contribution >= 4 is 5.97 Å². The first-order valence-electron chi connectivity index (χ1n) is 6.51. The molecule has 0 aliphatic carbocycles. The van der Waals surface area contributed by atoms with Crippen LogP contribution in [0.1, 0.15) is 36.7 Å². The summed E-state index contributed by atoms with van der Waals surface area (Å²) in [6.07, 6.45) is 0. The predicted molar refractivity (Wildman–Crippen MR) is 76.8 cm³/mol. The van der Waals surface area contributed by atoms with Gasteiger partial charge in [-0.1, -0.05) is 12.1 Å². The predicted octanol–water partition coefficient (Wildman–Crippen LogP) is 1.83. The van der Waals surface area contributed by atoms with Gasteiger partial charge in [0, 0.05) is 5.59 Å². The maximum absolute atomic E-state index is 11.7. The largest absolute Gasteiger partial charge is 0.465 e. The highest BCUT2D eigenvalue weighted by Gasteiger charge is 2.29. The number of methoxy groups -OCH3 is 1. The molecular formula is C14H22N3O4+. The van der Waals surface area contributed by atoms with E-state index in [0.29, 0.717) is 10.5 Å². The van der Waals surface area contributed by atoms with Crippen LogP contribution in [0.3, 0.4) is 0 Å². The van der Waals surface area contributed by atoms with Crippen molar-refractivity contribution in [3.63, 3.8) is 0 Å². The summed E-state index contributed by atoms with van der Waals surface area (Å²) in [6.45, 7) is 5.92. The smallest absolute Gasteiger partial charge is 0.337 e. The number of carbonyl (C=O) groups excluding carboxylic acids is 1. The second kappa shape index (κ2) is 7.03. The normalized spacial score (nSPS) is 10.9. The molecule has 0 aromatic heterocycles. The fraction of sp³-hybridized carbons (Fsp3) is 0.500. The van der Waals surface area contributed by atoms with E-state index in [0.717, 1.165) is 5.56 Å². The van der Waals surface area contributed by atoms with Gasteiger partial charge >= 0.3 is 5.97 Å². The van der Waals surface area contributed by atoms with Crippen LogP contribution in [0.5, 0.6) is 0 Å². The van der Waals surface area contributed by atoms with Crippen molar-refractivity contribution in [2.45, 2.75) is 32.9 Å². The minimum atomic E-state index is -0.391. The van der Waals surface area contributed by atoms with E-state index in [1.54, 1.807) is 31.3 Å². The highest BCUT2D eigenvalue weighted by molar-refractivity contribution is 5.89. The van der Waals surface area contributed by atoms with E-state index in [1.807, 2.05) is 20.8 Å². The van der Waals surface area contributed by atoms with Gasteiger partial charge in [0.25, 0.3) is 4.98 Å². The molecule has 0 atom stereocenters. The van der Waals surface area contributed by atoms with E-state index in [9.17, 15) is 9.70 Å². The first-order chi connectivity index (χ1) is 9.75. The number of nitrogens with one attached hydrogen (secondary N) is 1. The van der Waals surface area contributed by atoms with Crippen molar-refractivity contribution in [2.75, 3.05) is 14.2 Å². The monoisotopic (exact) mass is 296 g/mol. The molecule has 0 saturated carbocycles. The Hall–Kier alpha value is -2.15. The van der Waals surface area contributed by atoms with Gasteiger partial charge in [-0.15, -0.1) is 5.01 Å². The minimum absolute atomic E-state index is 0.193. The summed E-state index contributed by atoms with van der Waals surface area (Å²) in [5, 5.41) is 1.47. The molecule has 0 heterocycles. The van der Waals surface area contributed by atoms with Crippen LogP contribution in [0.2, 0.25) is 0 Å². The lowest BCUT2D eigenvalue weighted by Crippen LogP contribution is -2.49. The number of benzene rings is 1. The molecule has 116 valence electrons. The standard InChI is InChI=1S/C14H22N3O4/c1-14(2,3)16(4)17(19)15-21-10-11-6-8-12(9-7-11)13(18)20-5/h6-9H,10H2,1-5H3,(H,15,19)/q+1. The van der Waals surface area contributed by atoms with Gasteiger partial charge in [-0.05, 0) is 38.5 Å². The summed E-state index contributed by atoms with van der Waals surface area (Å²) in [7, 11) is 2.99. The third-order valence-corrected chi connectivity index (χ3v) is 3.00. The molecule has 0 radical (unpaired) electrons. The third-order valence-electron chi connectivity index (χ3n) is 3.00. The molecule has 1 aromatic rings. The van der Waals surface area contributed by atoms with E-state index in [1.165, 1.54) is 12.1 Å². The summed E-state index contributed by atoms with van der Waals surface area (Å²) < 4.78 is 4.61. The Kier molecular flexibility index (Phi) is 5.66. The van der Waals surface area contributed by atoms with Crippen LogP contribution in [0.4, 0.5) is 0 Å². The Morgan fingerprint density at radius 2 is 1.86 bits per heavy atom. The molecule has 1 rings (SSSR count). The van der Waals surface area contributed by atoms with Crippen molar-refractivity contribution in [1.29, 1.82) is 0 Å². The quantitative estimate of drug-likeness (QED) is 0.490. The number of carbonyl (C=O) groups is 1. The number of nitroso groups, excluding NO2 is 1. The molecule has 1 N–H and O–H groups in total. The number of esters is 1. The molecule has 0 bridgehead atoms. The summed E-state index contributed by atoms with van der Waals surface area (Å²) in [4.78, 5) is 28.6. The van der Waals surface area contributed by atoms with Crippen LogP contribution in [0, 0.1) is 4.91 Å². The molecule has 0 saturated heterocycles. The van der Waals surface area contributed by atoms with Crippen molar-refractivity contribution in [2.24, 2.45) is 0 Å². The second-order valence-electron chi connectivity index (χ2n) is 5.54. The molecule has 0 fully saturated rings. The summed E-state index contributed by atoms with van der Waals surface area (Å²) in [6, 6.07) is 6.74. The molecule has 0 amide bonds. The molecule has 7 nitrogen and oxygen atoms in total. The number of nitrogens with zero attached hydrogens (tertiary/aromatic N) is 2. The zero-order valence-electron chi connectivity index (χ0n) is 13.0. The average Bonchev–Trinajstić information content (AvgIpc) is 2.45. The Balaban J connectivity index is 2.46. The molecule has 7 heteroatoms. The SMILES string of the molecule is COC(=O)c1ccc(CON[N+](=O)N(C)C(C)(C)C)cc1. The topological polar surface area (TPSA) is 70.9 Å². The molecule has 0 aliphatic heterocycles. The van der Waals surface area contributed by atoms with Crippen molar-refractivity contribution in [3.05, 3.63) is 40.3 Å². The lowest BCUT2D eigenvalue weighted by atomic mass is 10.1. The van der Waals surface area contributed by atoms with Gasteiger partial charge in [0.05, 0.1) is 30.2 Å². The van der Waals surface area contributed by atoms with Crippen LogP contribution < -0.4 is 5.59 Å². The first kappa shape index (κ1) is 16.9. The van der Waals surface area contributed by atoms with Crippen LogP contribution >= 0.6 is 0 Å². The number of hydrazine groups is 2.